The highest BCUT2D eigenvalue weighted by atomic mass is 16.5. The summed E-state index contributed by atoms with van der Waals surface area (Å²) in [5.41, 5.74) is 3.12. The van der Waals surface area contributed by atoms with Crippen LogP contribution >= 0.6 is 0 Å². The van der Waals surface area contributed by atoms with Crippen LogP contribution in [0, 0.1) is 20.8 Å². The third kappa shape index (κ3) is 2.60. The minimum absolute atomic E-state index is 0.181. The Balaban J connectivity index is 2.49. The van der Waals surface area contributed by atoms with E-state index in [9.17, 15) is 9.90 Å². The third-order valence-electron chi connectivity index (χ3n) is 3.21. The van der Waals surface area contributed by atoms with E-state index in [0.29, 0.717) is 11.5 Å². The SMILES string of the molecule is Cc1cccc(Oc2c(C)cccc2C(=O)O)c1C. The summed E-state index contributed by atoms with van der Waals surface area (Å²) in [6.07, 6.45) is 0. The van der Waals surface area contributed by atoms with Crippen molar-refractivity contribution in [1.82, 2.24) is 0 Å². The third-order valence-corrected chi connectivity index (χ3v) is 3.21. The van der Waals surface area contributed by atoms with E-state index in [0.717, 1.165) is 16.7 Å². The molecule has 3 heteroatoms. The van der Waals surface area contributed by atoms with Crippen molar-refractivity contribution in [2.24, 2.45) is 0 Å². The van der Waals surface area contributed by atoms with E-state index < -0.39 is 5.97 Å². The van der Waals surface area contributed by atoms with Crippen LogP contribution in [0.15, 0.2) is 36.4 Å². The lowest BCUT2D eigenvalue weighted by molar-refractivity contribution is 0.0694. The van der Waals surface area contributed by atoms with Gasteiger partial charge in [0.15, 0.2) is 0 Å². The van der Waals surface area contributed by atoms with E-state index in [1.54, 1.807) is 12.1 Å². The minimum Gasteiger partial charge on any atom is -0.478 e. The van der Waals surface area contributed by atoms with Crippen LogP contribution in [0.25, 0.3) is 0 Å². The molecule has 0 fully saturated rings. The van der Waals surface area contributed by atoms with Gasteiger partial charge in [-0.05, 0) is 49.6 Å². The zero-order valence-corrected chi connectivity index (χ0v) is 11.2. The van der Waals surface area contributed by atoms with E-state index in [-0.39, 0.29) is 5.56 Å². The molecule has 0 radical (unpaired) electrons. The van der Waals surface area contributed by atoms with E-state index in [1.807, 2.05) is 45.0 Å². The predicted octanol–water partition coefficient (Wildman–Crippen LogP) is 4.10. The van der Waals surface area contributed by atoms with Crippen LogP contribution in [0.3, 0.4) is 0 Å². The molecule has 0 amide bonds. The average Bonchev–Trinajstić information content (AvgIpc) is 2.36. The van der Waals surface area contributed by atoms with E-state index >= 15 is 0 Å². The highest BCUT2D eigenvalue weighted by Crippen LogP contribution is 2.31. The van der Waals surface area contributed by atoms with Gasteiger partial charge in [0.25, 0.3) is 0 Å². The van der Waals surface area contributed by atoms with Crippen LogP contribution in [0.5, 0.6) is 11.5 Å². The van der Waals surface area contributed by atoms with Gasteiger partial charge in [-0.1, -0.05) is 24.3 Å². The number of carbonyl (C=O) groups is 1. The molecule has 0 saturated heterocycles. The van der Waals surface area contributed by atoms with Gasteiger partial charge in [0.1, 0.15) is 17.1 Å². The average molecular weight is 256 g/mol. The maximum Gasteiger partial charge on any atom is 0.339 e. The fourth-order valence-corrected chi connectivity index (χ4v) is 1.90. The molecular weight excluding hydrogens is 240 g/mol. The first kappa shape index (κ1) is 13.1. The second kappa shape index (κ2) is 5.14. The monoisotopic (exact) mass is 256 g/mol. The fraction of sp³-hybridized carbons (Fsp3) is 0.188. The van der Waals surface area contributed by atoms with Crippen LogP contribution in [-0.2, 0) is 0 Å². The van der Waals surface area contributed by atoms with Crippen molar-refractivity contribution in [3.8, 4) is 11.5 Å². The molecule has 0 aromatic heterocycles. The summed E-state index contributed by atoms with van der Waals surface area (Å²) in [6.45, 7) is 5.80. The number of benzene rings is 2. The van der Waals surface area contributed by atoms with Crippen LogP contribution in [0.1, 0.15) is 27.0 Å². The lowest BCUT2D eigenvalue weighted by Gasteiger charge is -2.14. The van der Waals surface area contributed by atoms with Crippen LogP contribution in [-0.4, -0.2) is 11.1 Å². The molecule has 19 heavy (non-hydrogen) atoms. The van der Waals surface area contributed by atoms with Gasteiger partial charge in [0.05, 0.1) is 0 Å². The standard InChI is InChI=1S/C16H16O3/c1-10-6-5-9-14(12(10)3)19-15-11(2)7-4-8-13(15)16(17)18/h4-9H,1-3H3,(H,17,18). The number of rotatable bonds is 3. The van der Waals surface area contributed by atoms with Gasteiger partial charge in [-0.25, -0.2) is 4.79 Å². The first-order valence-electron chi connectivity index (χ1n) is 6.07. The number of para-hydroxylation sites is 1. The van der Waals surface area contributed by atoms with Crippen molar-refractivity contribution < 1.29 is 14.6 Å². The normalized spacial score (nSPS) is 10.3. The molecule has 0 aliphatic carbocycles. The zero-order valence-electron chi connectivity index (χ0n) is 11.2. The Kier molecular flexibility index (Phi) is 3.56. The van der Waals surface area contributed by atoms with Gasteiger partial charge in [0.2, 0.25) is 0 Å². The van der Waals surface area contributed by atoms with Crippen molar-refractivity contribution in [3.63, 3.8) is 0 Å². The van der Waals surface area contributed by atoms with E-state index in [1.165, 1.54) is 0 Å². The molecule has 0 aliphatic heterocycles. The number of hydrogen-bond donors (Lipinski definition) is 1. The Labute approximate surface area is 112 Å². The van der Waals surface area contributed by atoms with Crippen molar-refractivity contribution in [3.05, 3.63) is 58.7 Å². The second-order valence-electron chi connectivity index (χ2n) is 4.56. The van der Waals surface area contributed by atoms with Crippen molar-refractivity contribution in [2.45, 2.75) is 20.8 Å². The van der Waals surface area contributed by atoms with Crippen LogP contribution < -0.4 is 4.74 Å². The molecule has 0 aliphatic rings. The molecule has 0 saturated carbocycles. The van der Waals surface area contributed by atoms with Gasteiger partial charge < -0.3 is 9.84 Å². The maximum absolute atomic E-state index is 11.2. The van der Waals surface area contributed by atoms with Crippen molar-refractivity contribution in [1.29, 1.82) is 0 Å². The number of aryl methyl sites for hydroxylation is 2. The number of ether oxygens (including phenoxy) is 1. The van der Waals surface area contributed by atoms with Gasteiger partial charge in [-0.2, -0.15) is 0 Å². The second-order valence-corrected chi connectivity index (χ2v) is 4.56. The van der Waals surface area contributed by atoms with Gasteiger partial charge >= 0.3 is 5.97 Å². The van der Waals surface area contributed by atoms with E-state index in [4.69, 9.17) is 4.74 Å². The first-order chi connectivity index (χ1) is 9.00. The summed E-state index contributed by atoms with van der Waals surface area (Å²) in [4.78, 5) is 11.2. The highest BCUT2D eigenvalue weighted by molar-refractivity contribution is 5.91. The molecule has 3 nitrogen and oxygen atoms in total. The predicted molar refractivity (Wildman–Crippen MR) is 74.1 cm³/mol. The molecule has 2 rings (SSSR count). The molecule has 1 N–H and O–H groups in total. The topological polar surface area (TPSA) is 46.5 Å². The molecule has 98 valence electrons. The summed E-state index contributed by atoms with van der Waals surface area (Å²) in [5, 5.41) is 9.21. The van der Waals surface area contributed by atoms with Gasteiger partial charge in [-0.15, -0.1) is 0 Å². The lowest BCUT2D eigenvalue weighted by Crippen LogP contribution is -2.02. The largest absolute Gasteiger partial charge is 0.478 e. The number of carboxylic acids is 1. The van der Waals surface area contributed by atoms with Crippen molar-refractivity contribution >= 4 is 5.97 Å². The number of carboxylic acid groups (broad SMARTS) is 1. The van der Waals surface area contributed by atoms with Crippen LogP contribution in [0.2, 0.25) is 0 Å². The smallest absolute Gasteiger partial charge is 0.339 e. The lowest BCUT2D eigenvalue weighted by atomic mass is 10.1. The highest BCUT2D eigenvalue weighted by Gasteiger charge is 2.15. The van der Waals surface area contributed by atoms with E-state index in [2.05, 4.69) is 0 Å². The Morgan fingerprint density at radius 3 is 2.32 bits per heavy atom. The maximum atomic E-state index is 11.2. The van der Waals surface area contributed by atoms with Gasteiger partial charge in [0, 0.05) is 0 Å². The molecule has 2 aromatic carbocycles. The summed E-state index contributed by atoms with van der Waals surface area (Å²) in [7, 11) is 0. The Morgan fingerprint density at radius 2 is 1.63 bits per heavy atom. The molecule has 0 bridgehead atoms. The molecule has 2 aromatic rings. The van der Waals surface area contributed by atoms with Crippen molar-refractivity contribution in [2.75, 3.05) is 0 Å². The minimum atomic E-state index is -0.982. The van der Waals surface area contributed by atoms with Gasteiger partial charge in [-0.3, -0.25) is 0 Å². The zero-order chi connectivity index (χ0) is 14.0. The first-order valence-corrected chi connectivity index (χ1v) is 6.07. The molecule has 0 atom stereocenters. The molecule has 0 heterocycles. The molecular formula is C16H16O3. The summed E-state index contributed by atoms with van der Waals surface area (Å²) in [5.74, 6) is 0.115. The Hall–Kier alpha value is -2.29. The van der Waals surface area contributed by atoms with Crippen LogP contribution in [0.4, 0.5) is 0 Å². The Morgan fingerprint density at radius 1 is 1.00 bits per heavy atom. The fourth-order valence-electron chi connectivity index (χ4n) is 1.90. The summed E-state index contributed by atoms with van der Waals surface area (Å²) >= 11 is 0. The molecule has 0 spiro atoms. The summed E-state index contributed by atoms with van der Waals surface area (Å²) in [6, 6.07) is 10.9. The Bertz CT molecular complexity index is 630. The quantitative estimate of drug-likeness (QED) is 0.899. The number of aromatic carboxylic acids is 1. The molecule has 0 unspecified atom stereocenters. The summed E-state index contributed by atoms with van der Waals surface area (Å²) < 4.78 is 5.83. The number of hydrogen-bond acceptors (Lipinski definition) is 2.